The second-order valence-electron chi connectivity index (χ2n) is 4.53. The third kappa shape index (κ3) is 4.27. The zero-order valence-electron chi connectivity index (χ0n) is 10.1. The van der Waals surface area contributed by atoms with E-state index < -0.39 is 0 Å². The molecule has 1 aliphatic rings. The fourth-order valence-electron chi connectivity index (χ4n) is 1.33. The van der Waals surface area contributed by atoms with E-state index in [4.69, 9.17) is 5.73 Å². The zero-order valence-corrected chi connectivity index (χ0v) is 11.7. The normalized spacial score (nSPS) is 33.4. The maximum Gasteiger partial charge on any atom is 0.108 e. The summed E-state index contributed by atoms with van der Waals surface area (Å²) in [5.74, 6) is 2.56. The molecule has 0 saturated carbocycles. The van der Waals surface area contributed by atoms with Gasteiger partial charge in [0.05, 0.1) is 5.25 Å². The predicted molar refractivity (Wildman–Crippen MR) is 74.1 cm³/mol. The first kappa shape index (κ1) is 13.2. The maximum atomic E-state index is 6.02. The first-order valence-electron chi connectivity index (χ1n) is 5.57. The van der Waals surface area contributed by atoms with Crippen molar-refractivity contribution in [3.8, 4) is 0 Å². The van der Waals surface area contributed by atoms with Crippen molar-refractivity contribution >= 4 is 29.4 Å². The van der Waals surface area contributed by atoms with Crippen LogP contribution in [0.15, 0.2) is 4.99 Å². The largest absolute Gasteiger partial charge is 0.387 e. The molecule has 1 fully saturated rings. The SMILES string of the molecule is CC(C)CN=C(N)C1CSC(C)C(C)S1. The topological polar surface area (TPSA) is 38.4 Å². The smallest absolute Gasteiger partial charge is 0.108 e. The van der Waals surface area contributed by atoms with Crippen molar-refractivity contribution in [2.45, 2.75) is 43.4 Å². The molecule has 0 bridgehead atoms. The summed E-state index contributed by atoms with van der Waals surface area (Å²) in [4.78, 5) is 4.47. The number of nitrogens with two attached hydrogens (primary N) is 1. The van der Waals surface area contributed by atoms with Gasteiger partial charge in [0.15, 0.2) is 0 Å². The van der Waals surface area contributed by atoms with Crippen molar-refractivity contribution in [2.24, 2.45) is 16.6 Å². The molecule has 1 rings (SSSR count). The summed E-state index contributed by atoms with van der Waals surface area (Å²) >= 11 is 3.99. The van der Waals surface area contributed by atoms with E-state index >= 15 is 0 Å². The second kappa shape index (κ2) is 6.04. The molecule has 4 heteroatoms. The molecule has 0 amide bonds. The third-order valence-electron chi connectivity index (χ3n) is 2.52. The van der Waals surface area contributed by atoms with Gasteiger partial charge in [-0.2, -0.15) is 11.8 Å². The predicted octanol–water partition coefficient (Wildman–Crippen LogP) is 2.63. The molecule has 0 spiro atoms. The summed E-state index contributed by atoms with van der Waals surface area (Å²) in [5.41, 5.74) is 6.02. The minimum atomic E-state index is 0.431. The summed E-state index contributed by atoms with van der Waals surface area (Å²) in [7, 11) is 0. The summed E-state index contributed by atoms with van der Waals surface area (Å²) in [5, 5.41) is 1.85. The number of amidine groups is 1. The van der Waals surface area contributed by atoms with Gasteiger partial charge in [-0.3, -0.25) is 4.99 Å². The van der Waals surface area contributed by atoms with Crippen LogP contribution in [0.25, 0.3) is 0 Å². The average molecular weight is 246 g/mol. The lowest BCUT2D eigenvalue weighted by molar-refractivity contribution is 0.664. The average Bonchev–Trinajstić information content (AvgIpc) is 2.18. The molecule has 0 aromatic rings. The monoisotopic (exact) mass is 246 g/mol. The van der Waals surface area contributed by atoms with Gasteiger partial charge in [-0.15, -0.1) is 11.8 Å². The number of hydrogen-bond donors (Lipinski definition) is 1. The molecule has 3 atom stereocenters. The highest BCUT2D eigenvalue weighted by Gasteiger charge is 2.27. The van der Waals surface area contributed by atoms with Gasteiger partial charge in [-0.1, -0.05) is 27.7 Å². The summed E-state index contributed by atoms with van der Waals surface area (Å²) < 4.78 is 0. The minimum Gasteiger partial charge on any atom is -0.387 e. The first-order chi connectivity index (χ1) is 7.00. The number of nitrogens with zero attached hydrogens (tertiary/aromatic N) is 1. The van der Waals surface area contributed by atoms with Crippen molar-refractivity contribution in [3.63, 3.8) is 0 Å². The van der Waals surface area contributed by atoms with Crippen LogP contribution in [-0.4, -0.2) is 33.9 Å². The molecule has 0 aromatic carbocycles. The highest BCUT2D eigenvalue weighted by molar-refractivity contribution is 8.08. The summed E-state index contributed by atoms with van der Waals surface area (Å²) in [6.07, 6.45) is 0. The Morgan fingerprint density at radius 2 is 2.07 bits per heavy atom. The first-order valence-corrected chi connectivity index (χ1v) is 7.56. The van der Waals surface area contributed by atoms with E-state index in [1.165, 1.54) is 0 Å². The Bertz CT molecular complexity index is 229. The van der Waals surface area contributed by atoms with E-state index in [-0.39, 0.29) is 0 Å². The third-order valence-corrected chi connectivity index (χ3v) is 5.94. The van der Waals surface area contributed by atoms with Crippen LogP contribution < -0.4 is 5.73 Å². The Morgan fingerprint density at radius 1 is 1.40 bits per heavy atom. The molecular formula is C11H22N2S2. The van der Waals surface area contributed by atoms with Gasteiger partial charge in [0.25, 0.3) is 0 Å². The van der Waals surface area contributed by atoms with Crippen LogP contribution >= 0.6 is 23.5 Å². The molecule has 1 heterocycles. The Morgan fingerprint density at radius 3 is 2.60 bits per heavy atom. The van der Waals surface area contributed by atoms with E-state index in [0.717, 1.165) is 23.4 Å². The van der Waals surface area contributed by atoms with Gasteiger partial charge < -0.3 is 5.73 Å². The molecule has 2 nitrogen and oxygen atoms in total. The van der Waals surface area contributed by atoms with Crippen LogP contribution in [0, 0.1) is 5.92 Å². The van der Waals surface area contributed by atoms with E-state index in [1.54, 1.807) is 0 Å². The van der Waals surface area contributed by atoms with E-state index in [1.807, 2.05) is 23.5 Å². The van der Waals surface area contributed by atoms with Gasteiger partial charge in [0.2, 0.25) is 0 Å². The van der Waals surface area contributed by atoms with Crippen molar-refractivity contribution in [1.29, 1.82) is 0 Å². The summed E-state index contributed by atoms with van der Waals surface area (Å²) in [6.45, 7) is 9.77. The summed E-state index contributed by atoms with van der Waals surface area (Å²) in [6, 6.07) is 0. The molecule has 3 unspecified atom stereocenters. The fourth-order valence-corrected chi connectivity index (χ4v) is 4.18. The highest BCUT2D eigenvalue weighted by atomic mass is 32.2. The van der Waals surface area contributed by atoms with Crippen LogP contribution in [0.1, 0.15) is 27.7 Å². The fraction of sp³-hybridized carbons (Fsp3) is 0.909. The van der Waals surface area contributed by atoms with Crippen LogP contribution in [0.2, 0.25) is 0 Å². The van der Waals surface area contributed by atoms with Crippen LogP contribution in [0.5, 0.6) is 0 Å². The van der Waals surface area contributed by atoms with E-state index in [2.05, 4.69) is 32.7 Å². The lowest BCUT2D eigenvalue weighted by Gasteiger charge is -2.30. The Kier molecular flexibility index (Phi) is 5.33. The molecule has 88 valence electrons. The Hall–Kier alpha value is 0.170. The maximum absolute atomic E-state index is 6.02. The quantitative estimate of drug-likeness (QED) is 0.614. The van der Waals surface area contributed by atoms with Crippen molar-refractivity contribution in [3.05, 3.63) is 0 Å². The van der Waals surface area contributed by atoms with Crippen LogP contribution in [0.4, 0.5) is 0 Å². The Balaban J connectivity index is 2.46. The molecule has 2 N–H and O–H groups in total. The zero-order chi connectivity index (χ0) is 11.4. The minimum absolute atomic E-state index is 0.431. The molecule has 1 aliphatic heterocycles. The molecule has 0 aliphatic carbocycles. The second-order valence-corrected chi connectivity index (χ2v) is 7.52. The van der Waals surface area contributed by atoms with Gasteiger partial charge in [-0.25, -0.2) is 0 Å². The van der Waals surface area contributed by atoms with Gasteiger partial charge >= 0.3 is 0 Å². The van der Waals surface area contributed by atoms with Crippen molar-refractivity contribution in [2.75, 3.05) is 12.3 Å². The lowest BCUT2D eigenvalue weighted by atomic mass is 10.2. The molecule has 1 saturated heterocycles. The number of aliphatic imine (C=N–C) groups is 1. The van der Waals surface area contributed by atoms with Crippen molar-refractivity contribution in [1.82, 2.24) is 0 Å². The van der Waals surface area contributed by atoms with Gasteiger partial charge in [0.1, 0.15) is 5.84 Å². The number of rotatable bonds is 3. The van der Waals surface area contributed by atoms with Gasteiger partial charge in [-0.05, 0) is 5.92 Å². The van der Waals surface area contributed by atoms with E-state index in [9.17, 15) is 0 Å². The molecule has 0 aromatic heterocycles. The van der Waals surface area contributed by atoms with Crippen molar-refractivity contribution < 1.29 is 0 Å². The lowest BCUT2D eigenvalue weighted by Crippen LogP contribution is -2.36. The highest BCUT2D eigenvalue weighted by Crippen LogP contribution is 2.35. The Labute approximate surface area is 102 Å². The molecular weight excluding hydrogens is 224 g/mol. The standard InChI is InChI=1S/C11H22N2S2/c1-7(2)5-13-11(12)10-6-14-8(3)9(4)15-10/h7-10H,5-6H2,1-4H3,(H2,12,13). The van der Waals surface area contributed by atoms with Crippen LogP contribution in [-0.2, 0) is 0 Å². The van der Waals surface area contributed by atoms with Crippen LogP contribution in [0.3, 0.4) is 0 Å². The number of thioether (sulfide) groups is 2. The molecule has 15 heavy (non-hydrogen) atoms. The number of hydrogen-bond acceptors (Lipinski definition) is 3. The van der Waals surface area contributed by atoms with E-state index in [0.29, 0.717) is 16.4 Å². The van der Waals surface area contributed by atoms with Gasteiger partial charge in [0, 0.05) is 22.8 Å². The molecule has 0 radical (unpaired) electrons.